The minimum Gasteiger partial charge on any atom is -0.354 e. The van der Waals surface area contributed by atoms with Crippen LogP contribution < -0.4 is 5.32 Å². The Kier molecular flexibility index (Phi) is 9.66. The molecule has 0 heterocycles. The molecule has 0 aliphatic heterocycles. The van der Waals surface area contributed by atoms with Crippen molar-refractivity contribution in [2.45, 2.75) is 39.1 Å². The molecule has 4 nitrogen and oxygen atoms in total. The number of benzene rings is 2. The van der Waals surface area contributed by atoms with Crippen molar-refractivity contribution >= 4 is 35.2 Å². The van der Waals surface area contributed by atoms with Crippen LogP contribution in [-0.4, -0.2) is 35.1 Å². The number of carbonyl (C=O) groups excluding carboxylic acids is 2. The lowest BCUT2D eigenvalue weighted by Crippen LogP contribution is -2.48. The molecule has 2 aromatic carbocycles. The van der Waals surface area contributed by atoms with Gasteiger partial charge in [-0.1, -0.05) is 55.8 Å². The maximum absolute atomic E-state index is 14.2. The van der Waals surface area contributed by atoms with E-state index < -0.39 is 6.04 Å². The van der Waals surface area contributed by atoms with Crippen molar-refractivity contribution in [1.29, 1.82) is 0 Å². The third-order valence-electron chi connectivity index (χ3n) is 4.56. The SMILES string of the molecule is CC(C)CNC(=O)C(C)N(Cc1ccccc1F)C(=O)CSCc1ccc(Cl)cc1. The highest BCUT2D eigenvalue weighted by Crippen LogP contribution is 2.18. The topological polar surface area (TPSA) is 49.4 Å². The van der Waals surface area contributed by atoms with Crippen molar-refractivity contribution in [3.05, 3.63) is 70.5 Å². The second-order valence-electron chi connectivity index (χ2n) is 7.55. The number of hydrogen-bond acceptors (Lipinski definition) is 3. The van der Waals surface area contributed by atoms with Crippen molar-refractivity contribution in [2.75, 3.05) is 12.3 Å². The molecule has 0 spiro atoms. The maximum Gasteiger partial charge on any atom is 0.242 e. The van der Waals surface area contributed by atoms with E-state index in [0.717, 1.165) is 5.56 Å². The van der Waals surface area contributed by atoms with Gasteiger partial charge in [0.05, 0.1) is 5.75 Å². The molecule has 0 aromatic heterocycles. The van der Waals surface area contributed by atoms with E-state index in [-0.39, 0.29) is 29.9 Å². The normalized spacial score (nSPS) is 11.9. The molecule has 30 heavy (non-hydrogen) atoms. The molecule has 2 aromatic rings. The fraction of sp³-hybridized carbons (Fsp3) is 0.391. The van der Waals surface area contributed by atoms with Crippen LogP contribution in [0.2, 0.25) is 5.02 Å². The Balaban J connectivity index is 2.06. The first-order valence-corrected chi connectivity index (χ1v) is 11.4. The molecule has 0 fully saturated rings. The Morgan fingerprint density at radius 1 is 1.10 bits per heavy atom. The van der Waals surface area contributed by atoms with Gasteiger partial charge in [0.25, 0.3) is 0 Å². The number of halogens is 2. The summed E-state index contributed by atoms with van der Waals surface area (Å²) >= 11 is 7.35. The highest BCUT2D eigenvalue weighted by atomic mass is 35.5. The summed E-state index contributed by atoms with van der Waals surface area (Å²) in [6.07, 6.45) is 0. The second kappa shape index (κ2) is 12.0. The third kappa shape index (κ3) is 7.65. The number of carbonyl (C=O) groups is 2. The molecule has 1 N–H and O–H groups in total. The van der Waals surface area contributed by atoms with Crippen molar-refractivity contribution < 1.29 is 14.0 Å². The van der Waals surface area contributed by atoms with Gasteiger partial charge in [-0.05, 0) is 36.6 Å². The monoisotopic (exact) mass is 450 g/mol. The van der Waals surface area contributed by atoms with Gasteiger partial charge < -0.3 is 10.2 Å². The first-order valence-electron chi connectivity index (χ1n) is 9.90. The van der Waals surface area contributed by atoms with Crippen molar-refractivity contribution in [2.24, 2.45) is 5.92 Å². The molecular weight excluding hydrogens is 423 g/mol. The molecule has 1 atom stereocenters. The molecule has 0 bridgehead atoms. The lowest BCUT2D eigenvalue weighted by Gasteiger charge is -2.29. The van der Waals surface area contributed by atoms with Crippen LogP contribution in [0.4, 0.5) is 4.39 Å². The van der Waals surface area contributed by atoms with E-state index in [0.29, 0.717) is 28.8 Å². The number of nitrogens with one attached hydrogen (secondary N) is 1. The van der Waals surface area contributed by atoms with Crippen LogP contribution in [0, 0.1) is 11.7 Å². The standard InChI is InChI=1S/C23H28ClFN2O2S/c1-16(2)12-26-23(29)17(3)27(13-19-6-4-5-7-21(19)25)22(28)15-30-14-18-8-10-20(24)11-9-18/h4-11,16-17H,12-15H2,1-3H3,(H,26,29). The molecular formula is C23H28ClFN2O2S. The average Bonchev–Trinajstić information content (AvgIpc) is 2.72. The molecule has 1 unspecified atom stereocenters. The highest BCUT2D eigenvalue weighted by molar-refractivity contribution is 7.99. The van der Waals surface area contributed by atoms with Crippen molar-refractivity contribution in [3.63, 3.8) is 0 Å². The van der Waals surface area contributed by atoms with E-state index in [2.05, 4.69) is 5.32 Å². The molecule has 0 aliphatic rings. The number of nitrogens with zero attached hydrogens (tertiary/aromatic N) is 1. The molecule has 7 heteroatoms. The first-order chi connectivity index (χ1) is 14.3. The Labute approximate surface area is 187 Å². The van der Waals surface area contributed by atoms with Crippen LogP contribution in [0.15, 0.2) is 48.5 Å². The van der Waals surface area contributed by atoms with E-state index in [1.165, 1.54) is 22.7 Å². The van der Waals surface area contributed by atoms with Crippen LogP contribution in [0.1, 0.15) is 31.9 Å². The number of hydrogen-bond donors (Lipinski definition) is 1. The minimum atomic E-state index is -0.702. The van der Waals surface area contributed by atoms with Crippen molar-refractivity contribution in [3.8, 4) is 0 Å². The van der Waals surface area contributed by atoms with Gasteiger partial charge in [-0.15, -0.1) is 11.8 Å². The quantitative estimate of drug-likeness (QED) is 0.560. The lowest BCUT2D eigenvalue weighted by atomic mass is 10.1. The largest absolute Gasteiger partial charge is 0.354 e. The maximum atomic E-state index is 14.2. The molecule has 0 aliphatic carbocycles. The van der Waals surface area contributed by atoms with Gasteiger partial charge in [-0.2, -0.15) is 0 Å². The molecule has 162 valence electrons. The van der Waals surface area contributed by atoms with Gasteiger partial charge >= 0.3 is 0 Å². The summed E-state index contributed by atoms with van der Waals surface area (Å²) in [5, 5.41) is 3.52. The van der Waals surface area contributed by atoms with E-state index in [4.69, 9.17) is 11.6 Å². The van der Waals surface area contributed by atoms with Crippen LogP contribution in [0.5, 0.6) is 0 Å². The van der Waals surface area contributed by atoms with Gasteiger partial charge in [0.15, 0.2) is 0 Å². The summed E-state index contributed by atoms with van der Waals surface area (Å²) in [5.41, 5.74) is 1.44. The summed E-state index contributed by atoms with van der Waals surface area (Å²) in [6.45, 7) is 6.25. The van der Waals surface area contributed by atoms with Gasteiger partial charge in [0.2, 0.25) is 11.8 Å². The molecule has 0 saturated carbocycles. The van der Waals surface area contributed by atoms with Gasteiger partial charge in [-0.25, -0.2) is 4.39 Å². The van der Waals surface area contributed by atoms with Gasteiger partial charge in [-0.3, -0.25) is 9.59 Å². The van der Waals surface area contributed by atoms with E-state index in [1.807, 2.05) is 38.1 Å². The average molecular weight is 451 g/mol. The van der Waals surface area contributed by atoms with Crippen LogP contribution in [-0.2, 0) is 21.9 Å². The number of rotatable bonds is 10. The lowest BCUT2D eigenvalue weighted by molar-refractivity contribution is -0.138. The molecule has 0 radical (unpaired) electrons. The number of thioether (sulfide) groups is 1. The summed E-state index contributed by atoms with van der Waals surface area (Å²) in [6, 6.07) is 13.1. The predicted octanol–water partition coefficient (Wildman–Crippen LogP) is 4.90. The molecule has 0 saturated heterocycles. The smallest absolute Gasteiger partial charge is 0.242 e. The Hall–Kier alpha value is -2.05. The first kappa shape index (κ1) is 24.2. The fourth-order valence-electron chi connectivity index (χ4n) is 2.76. The zero-order valence-corrected chi connectivity index (χ0v) is 19.1. The Morgan fingerprint density at radius 2 is 1.77 bits per heavy atom. The van der Waals surface area contributed by atoms with E-state index in [9.17, 15) is 14.0 Å². The summed E-state index contributed by atoms with van der Waals surface area (Å²) in [5.74, 6) is 0.301. The Bertz CT molecular complexity index is 845. The van der Waals surface area contributed by atoms with E-state index >= 15 is 0 Å². The zero-order valence-electron chi connectivity index (χ0n) is 17.5. The number of amides is 2. The highest BCUT2D eigenvalue weighted by Gasteiger charge is 2.26. The molecule has 2 amide bonds. The molecule has 2 rings (SSSR count). The fourth-order valence-corrected chi connectivity index (χ4v) is 3.76. The van der Waals surface area contributed by atoms with Crippen molar-refractivity contribution in [1.82, 2.24) is 10.2 Å². The predicted molar refractivity (Wildman–Crippen MR) is 122 cm³/mol. The zero-order chi connectivity index (χ0) is 22.1. The van der Waals surface area contributed by atoms with Gasteiger partial charge in [0, 0.05) is 29.4 Å². The van der Waals surface area contributed by atoms with Crippen LogP contribution in [0.25, 0.3) is 0 Å². The van der Waals surface area contributed by atoms with Gasteiger partial charge in [0.1, 0.15) is 11.9 Å². The van der Waals surface area contributed by atoms with E-state index in [1.54, 1.807) is 25.1 Å². The van der Waals surface area contributed by atoms with Crippen LogP contribution >= 0.6 is 23.4 Å². The summed E-state index contributed by atoms with van der Waals surface area (Å²) in [4.78, 5) is 27.0. The van der Waals surface area contributed by atoms with Crippen LogP contribution in [0.3, 0.4) is 0 Å². The summed E-state index contributed by atoms with van der Waals surface area (Å²) < 4.78 is 14.2. The third-order valence-corrected chi connectivity index (χ3v) is 5.80. The summed E-state index contributed by atoms with van der Waals surface area (Å²) in [7, 11) is 0. The second-order valence-corrected chi connectivity index (χ2v) is 8.97. The minimum absolute atomic E-state index is 0.0449. The Morgan fingerprint density at radius 3 is 2.40 bits per heavy atom.